The van der Waals surface area contributed by atoms with E-state index in [-0.39, 0.29) is 11.3 Å². The van der Waals surface area contributed by atoms with Gasteiger partial charge in [-0.15, -0.1) is 0 Å². The first-order chi connectivity index (χ1) is 11.1. The summed E-state index contributed by atoms with van der Waals surface area (Å²) in [5.74, 6) is -0.556. The lowest BCUT2D eigenvalue weighted by Crippen LogP contribution is -2.19. The highest BCUT2D eigenvalue weighted by Crippen LogP contribution is 2.30. The number of benzene rings is 1. The summed E-state index contributed by atoms with van der Waals surface area (Å²) in [7, 11) is 3.59. The molecule has 128 valence electrons. The van der Waals surface area contributed by atoms with E-state index in [4.69, 9.17) is 11.6 Å². The van der Waals surface area contributed by atoms with Crippen LogP contribution in [0.4, 0.5) is 24.5 Å². The zero-order valence-electron chi connectivity index (χ0n) is 13.2. The van der Waals surface area contributed by atoms with E-state index >= 15 is 0 Å². The van der Waals surface area contributed by atoms with Gasteiger partial charge in [0, 0.05) is 19.1 Å². The monoisotopic (exact) mass is 357 g/mol. The van der Waals surface area contributed by atoms with Gasteiger partial charge in [0.25, 0.3) is 5.91 Å². The second-order valence-corrected chi connectivity index (χ2v) is 5.77. The number of hydrogen-bond donors (Lipinski definition) is 1. The molecule has 0 unspecified atom stereocenters. The van der Waals surface area contributed by atoms with Gasteiger partial charge in [-0.05, 0) is 37.3 Å². The van der Waals surface area contributed by atoms with E-state index in [0.29, 0.717) is 16.4 Å². The van der Waals surface area contributed by atoms with Crippen molar-refractivity contribution in [3.63, 3.8) is 0 Å². The van der Waals surface area contributed by atoms with E-state index in [0.717, 1.165) is 12.1 Å². The Hall–Kier alpha value is -2.28. The fraction of sp³-hybridized carbons (Fsp3) is 0.250. The molecular formula is C16H15ClF3N3O. The highest BCUT2D eigenvalue weighted by molar-refractivity contribution is 6.31. The number of alkyl halides is 3. The van der Waals surface area contributed by atoms with Crippen LogP contribution in [0.25, 0.3) is 0 Å². The van der Waals surface area contributed by atoms with Crippen molar-refractivity contribution in [3.8, 4) is 0 Å². The normalized spacial score (nSPS) is 11.3. The van der Waals surface area contributed by atoms with Gasteiger partial charge in [-0.25, -0.2) is 4.98 Å². The van der Waals surface area contributed by atoms with Gasteiger partial charge in [0.15, 0.2) is 0 Å². The van der Waals surface area contributed by atoms with Crippen LogP contribution in [0.1, 0.15) is 21.7 Å². The third-order valence-corrected chi connectivity index (χ3v) is 3.54. The fourth-order valence-corrected chi connectivity index (χ4v) is 2.32. The molecule has 1 amide bonds. The number of rotatable bonds is 3. The van der Waals surface area contributed by atoms with Gasteiger partial charge < -0.3 is 10.2 Å². The Balaban J connectivity index is 2.33. The molecule has 4 nitrogen and oxygen atoms in total. The van der Waals surface area contributed by atoms with E-state index in [1.165, 1.54) is 6.92 Å². The number of amides is 1. The standard InChI is InChI=1S/C16H15ClF3N3O/c1-9-11(5-7-14(21-9)16(18,19)20)15(24)22-12-8-10(17)4-6-13(12)23(2)3/h4-8H,1-3H3,(H,22,24). The van der Waals surface area contributed by atoms with Crippen molar-refractivity contribution >= 4 is 28.9 Å². The van der Waals surface area contributed by atoms with Crippen molar-refractivity contribution in [2.45, 2.75) is 13.1 Å². The first kappa shape index (κ1) is 18.1. The zero-order valence-corrected chi connectivity index (χ0v) is 14.0. The molecule has 0 radical (unpaired) electrons. The van der Waals surface area contributed by atoms with Crippen molar-refractivity contribution < 1.29 is 18.0 Å². The molecule has 0 spiro atoms. The third-order valence-electron chi connectivity index (χ3n) is 3.31. The minimum absolute atomic E-state index is 0.00393. The van der Waals surface area contributed by atoms with E-state index in [9.17, 15) is 18.0 Å². The Morgan fingerprint density at radius 3 is 2.42 bits per heavy atom. The van der Waals surface area contributed by atoms with Crippen LogP contribution in [0.15, 0.2) is 30.3 Å². The summed E-state index contributed by atoms with van der Waals surface area (Å²) in [4.78, 5) is 17.6. The molecule has 2 aromatic rings. The van der Waals surface area contributed by atoms with Crippen LogP contribution < -0.4 is 10.2 Å². The molecule has 0 saturated carbocycles. The van der Waals surface area contributed by atoms with Crippen molar-refractivity contribution in [2.24, 2.45) is 0 Å². The second kappa shape index (κ2) is 6.68. The number of pyridine rings is 1. The number of aryl methyl sites for hydroxylation is 1. The predicted octanol–water partition coefficient (Wildman–Crippen LogP) is 4.38. The Labute approximate surface area is 142 Å². The summed E-state index contributed by atoms with van der Waals surface area (Å²) in [5.41, 5.74) is 0.193. The third kappa shape index (κ3) is 3.97. The summed E-state index contributed by atoms with van der Waals surface area (Å²) < 4.78 is 38.0. The molecule has 24 heavy (non-hydrogen) atoms. The summed E-state index contributed by atoms with van der Waals surface area (Å²) >= 11 is 5.95. The molecular weight excluding hydrogens is 343 g/mol. The molecule has 8 heteroatoms. The first-order valence-corrected chi connectivity index (χ1v) is 7.30. The van der Waals surface area contributed by atoms with Gasteiger partial charge in [0.1, 0.15) is 5.69 Å². The molecule has 0 bridgehead atoms. The number of nitrogens with one attached hydrogen (secondary N) is 1. The van der Waals surface area contributed by atoms with Gasteiger partial charge in [-0.2, -0.15) is 13.2 Å². The maximum Gasteiger partial charge on any atom is 0.433 e. The maximum absolute atomic E-state index is 12.7. The molecule has 0 aliphatic rings. The molecule has 0 saturated heterocycles. The van der Waals surface area contributed by atoms with Gasteiger partial charge >= 0.3 is 6.18 Å². The van der Waals surface area contributed by atoms with Crippen LogP contribution >= 0.6 is 11.6 Å². The van der Waals surface area contributed by atoms with Crippen LogP contribution in [0.2, 0.25) is 5.02 Å². The van der Waals surface area contributed by atoms with Crippen LogP contribution in [0, 0.1) is 6.92 Å². The summed E-state index contributed by atoms with van der Waals surface area (Å²) in [5, 5.41) is 3.09. The molecule has 2 rings (SSSR count). The fourth-order valence-electron chi connectivity index (χ4n) is 2.15. The number of aromatic nitrogens is 1. The number of anilines is 2. The van der Waals surface area contributed by atoms with Crippen LogP contribution in [0.5, 0.6) is 0 Å². The highest BCUT2D eigenvalue weighted by Gasteiger charge is 2.33. The zero-order chi connectivity index (χ0) is 18.1. The molecule has 0 atom stereocenters. The van der Waals surface area contributed by atoms with Gasteiger partial charge in [-0.3, -0.25) is 4.79 Å². The smallest absolute Gasteiger partial charge is 0.376 e. The van der Waals surface area contributed by atoms with Crippen molar-refractivity contribution in [2.75, 3.05) is 24.3 Å². The average molecular weight is 358 g/mol. The van der Waals surface area contributed by atoms with Crippen LogP contribution in [0.3, 0.4) is 0 Å². The number of halogens is 4. The summed E-state index contributed by atoms with van der Waals surface area (Å²) in [6.07, 6.45) is -4.55. The maximum atomic E-state index is 12.7. The minimum atomic E-state index is -4.55. The number of carbonyl (C=O) groups is 1. The molecule has 1 N–H and O–H groups in total. The predicted molar refractivity (Wildman–Crippen MR) is 87.7 cm³/mol. The Kier molecular flexibility index (Phi) is 5.03. The Bertz CT molecular complexity index is 776. The molecule has 0 fully saturated rings. The number of hydrogen-bond acceptors (Lipinski definition) is 3. The Morgan fingerprint density at radius 2 is 1.88 bits per heavy atom. The van der Waals surface area contributed by atoms with E-state index < -0.39 is 17.8 Å². The van der Waals surface area contributed by atoms with E-state index in [2.05, 4.69) is 10.3 Å². The topological polar surface area (TPSA) is 45.2 Å². The Morgan fingerprint density at radius 1 is 1.21 bits per heavy atom. The lowest BCUT2D eigenvalue weighted by molar-refractivity contribution is -0.141. The lowest BCUT2D eigenvalue weighted by atomic mass is 10.1. The highest BCUT2D eigenvalue weighted by atomic mass is 35.5. The molecule has 0 aliphatic heterocycles. The molecule has 1 aromatic heterocycles. The summed E-state index contributed by atoms with van der Waals surface area (Å²) in [6, 6.07) is 6.88. The number of nitrogens with zero attached hydrogens (tertiary/aromatic N) is 2. The summed E-state index contributed by atoms with van der Waals surface area (Å²) in [6.45, 7) is 1.36. The van der Waals surface area contributed by atoms with E-state index in [1.54, 1.807) is 37.2 Å². The van der Waals surface area contributed by atoms with Crippen molar-refractivity contribution in [1.29, 1.82) is 0 Å². The number of carbonyl (C=O) groups excluding carboxylic acids is 1. The molecule has 1 heterocycles. The van der Waals surface area contributed by atoms with Gasteiger partial charge in [0.2, 0.25) is 0 Å². The van der Waals surface area contributed by atoms with Gasteiger partial charge in [0.05, 0.1) is 22.6 Å². The second-order valence-electron chi connectivity index (χ2n) is 5.34. The van der Waals surface area contributed by atoms with Gasteiger partial charge in [-0.1, -0.05) is 11.6 Å². The van der Waals surface area contributed by atoms with Crippen molar-refractivity contribution in [3.05, 3.63) is 52.3 Å². The van der Waals surface area contributed by atoms with Crippen LogP contribution in [-0.4, -0.2) is 25.0 Å². The van der Waals surface area contributed by atoms with E-state index in [1.807, 2.05) is 0 Å². The largest absolute Gasteiger partial charge is 0.433 e. The quantitative estimate of drug-likeness (QED) is 0.886. The van der Waals surface area contributed by atoms with Crippen LogP contribution in [-0.2, 0) is 6.18 Å². The average Bonchev–Trinajstić information content (AvgIpc) is 2.45. The molecule has 0 aliphatic carbocycles. The molecule has 1 aromatic carbocycles. The SMILES string of the molecule is Cc1nc(C(F)(F)F)ccc1C(=O)Nc1cc(Cl)ccc1N(C)C. The first-order valence-electron chi connectivity index (χ1n) is 6.92. The van der Waals surface area contributed by atoms with Crippen molar-refractivity contribution in [1.82, 2.24) is 4.98 Å². The lowest BCUT2D eigenvalue weighted by Gasteiger charge is -2.18. The minimum Gasteiger partial charge on any atom is -0.376 e.